The van der Waals surface area contributed by atoms with Gasteiger partial charge in [0.2, 0.25) is 0 Å². The molecule has 3 saturated carbocycles. The predicted molar refractivity (Wildman–Crippen MR) is 113 cm³/mol. The Balaban J connectivity index is 1.60. The van der Waals surface area contributed by atoms with Crippen LogP contribution in [0.4, 0.5) is 0 Å². The zero-order chi connectivity index (χ0) is 20.6. The molecule has 6 unspecified atom stereocenters. The van der Waals surface area contributed by atoms with Crippen molar-refractivity contribution in [2.24, 2.45) is 34.0 Å². The molecule has 0 amide bonds. The van der Waals surface area contributed by atoms with Crippen molar-refractivity contribution in [3.8, 4) is 0 Å². The molecule has 1 aliphatic heterocycles. The second-order valence-corrected chi connectivity index (χ2v) is 12.7. The van der Waals surface area contributed by atoms with Crippen LogP contribution >= 0.6 is 0 Å². The summed E-state index contributed by atoms with van der Waals surface area (Å²) >= 11 is 0. The fourth-order valence-electron chi connectivity index (χ4n) is 8.42. The Morgan fingerprint density at radius 1 is 1.10 bits per heavy atom. The number of carbonyl (C=O) groups is 2. The first-order chi connectivity index (χ1) is 13.8. The van der Waals surface area contributed by atoms with Gasteiger partial charge in [-0.3, -0.25) is 13.8 Å². The van der Waals surface area contributed by atoms with Crippen molar-refractivity contribution in [2.75, 3.05) is 12.4 Å². The van der Waals surface area contributed by atoms with Crippen LogP contribution in [-0.2, 0) is 25.1 Å². The molecule has 5 aliphatic rings. The first kappa shape index (κ1) is 20.0. The number of fused-ring (bicyclic) bond motifs is 6. The maximum absolute atomic E-state index is 13.3. The highest BCUT2D eigenvalue weighted by Gasteiger charge is 2.69. The number of rotatable bonds is 2. The van der Waals surface area contributed by atoms with Crippen LogP contribution in [0.15, 0.2) is 11.6 Å². The molecule has 0 aromatic carbocycles. The topological polar surface area (TPSA) is 60.4 Å². The fraction of sp³-hybridized carbons (Fsp3) is 0.833. The van der Waals surface area contributed by atoms with Gasteiger partial charge < -0.3 is 4.74 Å². The Bertz CT molecular complexity index is 818. The molecule has 29 heavy (non-hydrogen) atoms. The number of hydrogen-bond donors (Lipinski definition) is 0. The quantitative estimate of drug-likeness (QED) is 0.631. The van der Waals surface area contributed by atoms with E-state index in [-0.39, 0.29) is 33.2 Å². The van der Waals surface area contributed by atoms with Crippen LogP contribution in [0.1, 0.15) is 72.1 Å². The molecule has 160 valence electrons. The van der Waals surface area contributed by atoms with Gasteiger partial charge in [0.05, 0.1) is 12.0 Å². The Kier molecular flexibility index (Phi) is 4.48. The molecular weight excluding hydrogens is 384 g/mol. The second-order valence-electron chi connectivity index (χ2n) is 10.7. The summed E-state index contributed by atoms with van der Waals surface area (Å²) in [6, 6.07) is 0. The molecule has 0 aromatic rings. The van der Waals surface area contributed by atoms with Crippen LogP contribution in [0.5, 0.6) is 0 Å². The SMILES string of the molecule is CCS(=O)C1CC2=CC(=O)CCC2(C)[C@H]2CCC3(C)C(CC[C@]34CCOC4=O)C12. The Morgan fingerprint density at radius 2 is 1.86 bits per heavy atom. The van der Waals surface area contributed by atoms with Gasteiger partial charge in [-0.05, 0) is 79.6 Å². The van der Waals surface area contributed by atoms with Crippen LogP contribution in [-0.4, -0.2) is 33.6 Å². The van der Waals surface area contributed by atoms with Gasteiger partial charge in [-0.2, -0.15) is 0 Å². The summed E-state index contributed by atoms with van der Waals surface area (Å²) in [7, 11) is -0.894. The average Bonchev–Trinajstić information content (AvgIpc) is 3.22. The standard InChI is InChI=1S/C24H34O4S/c1-4-29(27)19-14-15-13-16(25)5-8-22(15,2)17-6-9-23(3)18(20(17)19)7-10-24(23)11-12-28-21(24)26/h13,17-20H,4-12,14H2,1-3H3/t17-,18?,19?,20?,22?,23?,24+,29?/m0/s1. The maximum Gasteiger partial charge on any atom is 0.312 e. The number of cyclic esters (lactones) is 1. The third-order valence-electron chi connectivity index (χ3n) is 10.1. The minimum atomic E-state index is -0.894. The third kappa shape index (κ3) is 2.46. The zero-order valence-electron chi connectivity index (χ0n) is 18.0. The Morgan fingerprint density at radius 3 is 2.55 bits per heavy atom. The van der Waals surface area contributed by atoms with E-state index in [0.29, 0.717) is 36.5 Å². The largest absolute Gasteiger partial charge is 0.465 e. The summed E-state index contributed by atoms with van der Waals surface area (Å²) in [5.74, 6) is 2.23. The van der Waals surface area contributed by atoms with Crippen LogP contribution < -0.4 is 0 Å². The molecule has 0 aromatic heterocycles. The highest BCUT2D eigenvalue weighted by atomic mass is 32.2. The molecule has 1 heterocycles. The van der Waals surface area contributed by atoms with Crippen molar-refractivity contribution >= 4 is 22.6 Å². The molecule has 5 heteroatoms. The van der Waals surface area contributed by atoms with Gasteiger partial charge in [0.25, 0.3) is 0 Å². The number of hydrogen-bond acceptors (Lipinski definition) is 4. The maximum atomic E-state index is 13.3. The van der Waals surface area contributed by atoms with Crippen molar-refractivity contribution in [1.82, 2.24) is 0 Å². The highest BCUT2D eigenvalue weighted by Crippen LogP contribution is 2.72. The van der Waals surface area contributed by atoms with E-state index in [1.54, 1.807) is 0 Å². The molecule has 5 rings (SSSR count). The molecule has 0 bridgehead atoms. The first-order valence-corrected chi connectivity index (χ1v) is 12.9. The van der Waals surface area contributed by atoms with Crippen molar-refractivity contribution in [2.45, 2.75) is 77.4 Å². The highest BCUT2D eigenvalue weighted by molar-refractivity contribution is 7.85. The third-order valence-corrected chi connectivity index (χ3v) is 11.8. The van der Waals surface area contributed by atoms with Crippen LogP contribution in [0.2, 0.25) is 0 Å². The van der Waals surface area contributed by atoms with Gasteiger partial charge in [0.1, 0.15) is 0 Å². The summed E-state index contributed by atoms with van der Waals surface area (Å²) in [6.07, 6.45) is 9.24. The molecule has 8 atom stereocenters. The normalized spacial score (nSPS) is 49.8. The second kappa shape index (κ2) is 6.51. The summed E-state index contributed by atoms with van der Waals surface area (Å²) in [5.41, 5.74) is 0.958. The molecule has 4 fully saturated rings. The van der Waals surface area contributed by atoms with Gasteiger partial charge in [-0.1, -0.05) is 26.3 Å². The number of carbonyl (C=O) groups excluding carboxylic acids is 2. The van der Waals surface area contributed by atoms with Crippen LogP contribution in [0.3, 0.4) is 0 Å². The molecule has 0 N–H and O–H groups in total. The monoisotopic (exact) mass is 418 g/mol. The number of ether oxygens (including phenoxy) is 1. The number of esters is 1. The minimum absolute atomic E-state index is 0.0278. The number of allylic oxidation sites excluding steroid dienone is 1. The van der Waals surface area contributed by atoms with Gasteiger partial charge in [0.15, 0.2) is 5.78 Å². The van der Waals surface area contributed by atoms with E-state index in [9.17, 15) is 13.8 Å². The summed E-state index contributed by atoms with van der Waals surface area (Å²) in [5, 5.41) is 0.118. The molecule has 4 aliphatic carbocycles. The van der Waals surface area contributed by atoms with Gasteiger partial charge >= 0.3 is 5.97 Å². The van der Waals surface area contributed by atoms with Gasteiger partial charge in [-0.15, -0.1) is 0 Å². The Labute approximate surface area is 176 Å². The van der Waals surface area contributed by atoms with Crippen molar-refractivity contribution in [1.29, 1.82) is 0 Å². The molecule has 0 radical (unpaired) electrons. The number of ketones is 1. The van der Waals surface area contributed by atoms with E-state index >= 15 is 0 Å². The van der Waals surface area contributed by atoms with Crippen molar-refractivity contribution in [3.05, 3.63) is 11.6 Å². The zero-order valence-corrected chi connectivity index (χ0v) is 18.8. The van der Waals surface area contributed by atoms with E-state index in [4.69, 9.17) is 4.74 Å². The Hall–Kier alpha value is -0.970. The van der Waals surface area contributed by atoms with Crippen LogP contribution in [0.25, 0.3) is 0 Å². The van der Waals surface area contributed by atoms with E-state index in [0.717, 1.165) is 44.9 Å². The summed E-state index contributed by atoms with van der Waals surface area (Å²) < 4.78 is 18.8. The smallest absolute Gasteiger partial charge is 0.312 e. The summed E-state index contributed by atoms with van der Waals surface area (Å²) in [4.78, 5) is 25.1. The van der Waals surface area contributed by atoms with Crippen LogP contribution in [0, 0.1) is 34.0 Å². The van der Waals surface area contributed by atoms with Crippen molar-refractivity contribution < 1.29 is 18.5 Å². The minimum Gasteiger partial charge on any atom is -0.465 e. The average molecular weight is 419 g/mol. The van der Waals surface area contributed by atoms with Gasteiger partial charge in [-0.25, -0.2) is 0 Å². The lowest BCUT2D eigenvalue weighted by Gasteiger charge is -2.61. The van der Waals surface area contributed by atoms with Crippen molar-refractivity contribution in [3.63, 3.8) is 0 Å². The van der Waals surface area contributed by atoms with E-state index in [2.05, 4.69) is 13.8 Å². The lowest BCUT2D eigenvalue weighted by molar-refractivity contribution is -0.156. The van der Waals surface area contributed by atoms with E-state index in [1.807, 2.05) is 13.0 Å². The summed E-state index contributed by atoms with van der Waals surface area (Å²) in [6.45, 7) is 7.29. The van der Waals surface area contributed by atoms with E-state index in [1.165, 1.54) is 5.57 Å². The lowest BCUT2D eigenvalue weighted by Crippen LogP contribution is -2.58. The molecule has 1 saturated heterocycles. The predicted octanol–water partition coefficient (Wildman–Crippen LogP) is 4.20. The molecular formula is C24H34O4S. The first-order valence-electron chi connectivity index (χ1n) is 11.5. The lowest BCUT2D eigenvalue weighted by atomic mass is 9.45. The molecule has 1 spiro atoms. The van der Waals surface area contributed by atoms with E-state index < -0.39 is 10.8 Å². The van der Waals surface area contributed by atoms with Gasteiger partial charge in [0, 0.05) is 28.2 Å². The fourth-order valence-corrected chi connectivity index (χ4v) is 9.95. The molecule has 4 nitrogen and oxygen atoms in total.